The summed E-state index contributed by atoms with van der Waals surface area (Å²) >= 11 is 0. The lowest BCUT2D eigenvalue weighted by molar-refractivity contribution is -0.133. The molecule has 4 heteroatoms. The van der Waals surface area contributed by atoms with E-state index < -0.39 is 5.82 Å². The van der Waals surface area contributed by atoms with E-state index >= 15 is 0 Å². The molecule has 0 saturated carbocycles. The summed E-state index contributed by atoms with van der Waals surface area (Å²) in [7, 11) is 0. The predicted octanol–water partition coefficient (Wildman–Crippen LogP) is 3.42. The Hall–Kier alpha value is -1.42. The van der Waals surface area contributed by atoms with Crippen LogP contribution < -0.4 is 4.90 Å². The Morgan fingerprint density at radius 2 is 1.75 bits per heavy atom. The largest absolute Gasteiger partial charge is 0.366 e. The molecule has 1 aliphatic rings. The number of ether oxygens (including phenoxy) is 1. The zero-order chi connectivity index (χ0) is 15.1. The third-order valence-corrected chi connectivity index (χ3v) is 3.38. The first-order valence-electron chi connectivity index (χ1n) is 6.86. The van der Waals surface area contributed by atoms with Crippen LogP contribution in [0.2, 0.25) is 0 Å². The van der Waals surface area contributed by atoms with E-state index in [1.54, 1.807) is 12.1 Å². The molecule has 2 rings (SSSR count). The van der Waals surface area contributed by atoms with Crippen molar-refractivity contribution in [2.24, 2.45) is 0 Å². The lowest BCUT2D eigenvalue weighted by Gasteiger charge is -2.48. The van der Waals surface area contributed by atoms with Gasteiger partial charge in [0.05, 0.1) is 22.5 Å². The highest BCUT2D eigenvalue weighted by atomic mass is 19.1. The molecular weight excluding hydrogens is 257 g/mol. The number of hydrogen-bond donors (Lipinski definition) is 0. The molecule has 1 fully saturated rings. The van der Waals surface area contributed by atoms with Crippen LogP contribution in [0.4, 0.5) is 10.1 Å². The van der Waals surface area contributed by atoms with E-state index in [0.717, 1.165) is 0 Å². The van der Waals surface area contributed by atoms with E-state index in [2.05, 4.69) is 0 Å². The van der Waals surface area contributed by atoms with Gasteiger partial charge < -0.3 is 9.64 Å². The van der Waals surface area contributed by atoms with Gasteiger partial charge in [0.1, 0.15) is 5.82 Å². The highest BCUT2D eigenvalue weighted by Crippen LogP contribution is 2.33. The van der Waals surface area contributed by atoms with Crippen LogP contribution in [0, 0.1) is 5.82 Å². The van der Waals surface area contributed by atoms with Crippen molar-refractivity contribution >= 4 is 11.5 Å². The van der Waals surface area contributed by atoms with Crippen molar-refractivity contribution in [3.63, 3.8) is 0 Å². The molecule has 0 unspecified atom stereocenters. The maximum atomic E-state index is 14.0. The average Bonchev–Trinajstić information content (AvgIpc) is 2.23. The minimum Gasteiger partial charge on any atom is -0.366 e. The van der Waals surface area contributed by atoms with Crippen LogP contribution >= 0.6 is 0 Å². The summed E-state index contributed by atoms with van der Waals surface area (Å²) in [5.74, 6) is -0.711. The minimum absolute atomic E-state index is 0.168. The Balaban J connectivity index is 2.46. The van der Waals surface area contributed by atoms with E-state index in [4.69, 9.17) is 4.74 Å². The van der Waals surface area contributed by atoms with Crippen LogP contribution in [0.5, 0.6) is 0 Å². The van der Waals surface area contributed by atoms with Crippen LogP contribution in [-0.4, -0.2) is 30.1 Å². The Bertz CT molecular complexity index is 521. The second-order valence-electron chi connectivity index (χ2n) is 6.67. The van der Waals surface area contributed by atoms with Gasteiger partial charge in [-0.3, -0.25) is 4.79 Å². The normalized spacial score (nSPS) is 20.8. The van der Waals surface area contributed by atoms with Crippen molar-refractivity contribution in [2.75, 3.05) is 18.0 Å². The Morgan fingerprint density at radius 1 is 1.20 bits per heavy atom. The number of carbonyl (C=O) groups excluding carboxylic acids is 1. The first kappa shape index (κ1) is 15.0. The summed E-state index contributed by atoms with van der Waals surface area (Å²) < 4.78 is 20.0. The Kier molecular flexibility index (Phi) is 3.63. The third-order valence-electron chi connectivity index (χ3n) is 3.38. The van der Waals surface area contributed by atoms with Crippen LogP contribution in [0.25, 0.3) is 0 Å². The van der Waals surface area contributed by atoms with Gasteiger partial charge in [-0.05, 0) is 46.8 Å². The first-order chi connectivity index (χ1) is 9.11. The molecule has 0 atom stereocenters. The van der Waals surface area contributed by atoms with Gasteiger partial charge in [0.25, 0.3) is 0 Å². The zero-order valence-corrected chi connectivity index (χ0v) is 12.8. The fourth-order valence-corrected chi connectivity index (χ4v) is 3.08. The van der Waals surface area contributed by atoms with Gasteiger partial charge in [-0.15, -0.1) is 0 Å². The van der Waals surface area contributed by atoms with Crippen molar-refractivity contribution in [3.05, 3.63) is 29.6 Å². The van der Waals surface area contributed by atoms with Gasteiger partial charge >= 0.3 is 0 Å². The zero-order valence-electron chi connectivity index (χ0n) is 12.8. The number of anilines is 1. The summed E-state index contributed by atoms with van der Waals surface area (Å²) in [6.07, 6.45) is 0. The number of ketones is 1. The van der Waals surface area contributed by atoms with Crippen molar-refractivity contribution in [3.8, 4) is 0 Å². The smallest absolute Gasteiger partial charge is 0.164 e. The summed E-state index contributed by atoms with van der Waals surface area (Å²) in [6.45, 7) is 10.7. The third kappa shape index (κ3) is 3.01. The molecule has 0 aliphatic carbocycles. The van der Waals surface area contributed by atoms with Gasteiger partial charge in [0.15, 0.2) is 5.78 Å². The molecule has 0 spiro atoms. The lowest BCUT2D eigenvalue weighted by atomic mass is 9.97. The molecule has 1 heterocycles. The van der Waals surface area contributed by atoms with Gasteiger partial charge in [-0.25, -0.2) is 4.39 Å². The van der Waals surface area contributed by atoms with Gasteiger partial charge in [-0.2, -0.15) is 0 Å². The number of morpholine rings is 1. The van der Waals surface area contributed by atoms with E-state index in [-0.39, 0.29) is 22.5 Å². The van der Waals surface area contributed by atoms with Crippen molar-refractivity contribution in [1.82, 2.24) is 0 Å². The summed E-state index contributed by atoms with van der Waals surface area (Å²) in [6, 6.07) is 4.78. The standard InChI is InChI=1S/C16H22FNO2/c1-11(19)14-12(17)7-6-8-13(14)18-9-15(2,3)20-16(4,5)10-18/h6-8H,9-10H2,1-5H3. The fraction of sp³-hybridized carbons (Fsp3) is 0.562. The molecule has 0 aromatic heterocycles. The highest BCUT2D eigenvalue weighted by Gasteiger charge is 2.39. The summed E-state index contributed by atoms with van der Waals surface area (Å²) in [5.41, 5.74) is 0.132. The number of carbonyl (C=O) groups is 1. The number of hydrogen-bond acceptors (Lipinski definition) is 3. The van der Waals surface area contributed by atoms with Crippen LogP contribution in [-0.2, 0) is 4.74 Å². The van der Waals surface area contributed by atoms with E-state index in [1.807, 2.05) is 32.6 Å². The fourth-order valence-electron chi connectivity index (χ4n) is 3.08. The number of nitrogens with zero attached hydrogens (tertiary/aromatic N) is 1. The molecule has 0 bridgehead atoms. The van der Waals surface area contributed by atoms with Crippen LogP contribution in [0.3, 0.4) is 0 Å². The topological polar surface area (TPSA) is 29.5 Å². The minimum atomic E-state index is -0.461. The van der Waals surface area contributed by atoms with Gasteiger partial charge in [0.2, 0.25) is 0 Å². The lowest BCUT2D eigenvalue weighted by Crippen LogP contribution is -2.57. The van der Waals surface area contributed by atoms with E-state index in [9.17, 15) is 9.18 Å². The molecule has 0 radical (unpaired) electrons. The van der Waals surface area contributed by atoms with Crippen molar-refractivity contribution < 1.29 is 13.9 Å². The second-order valence-corrected chi connectivity index (χ2v) is 6.67. The number of benzene rings is 1. The monoisotopic (exact) mass is 279 g/mol. The number of Topliss-reactive ketones (excluding diaryl/α,β-unsaturated/α-hetero) is 1. The molecule has 3 nitrogen and oxygen atoms in total. The highest BCUT2D eigenvalue weighted by molar-refractivity contribution is 6.00. The van der Waals surface area contributed by atoms with E-state index in [1.165, 1.54) is 13.0 Å². The summed E-state index contributed by atoms with van der Waals surface area (Å²) in [5, 5.41) is 0. The SMILES string of the molecule is CC(=O)c1c(F)cccc1N1CC(C)(C)OC(C)(C)C1. The average molecular weight is 279 g/mol. The molecule has 1 aromatic carbocycles. The number of halogens is 1. The number of rotatable bonds is 2. The molecule has 1 aromatic rings. The second kappa shape index (κ2) is 4.85. The quantitative estimate of drug-likeness (QED) is 0.777. The Morgan fingerprint density at radius 3 is 2.25 bits per heavy atom. The molecular formula is C16H22FNO2. The molecule has 1 aliphatic heterocycles. The maximum Gasteiger partial charge on any atom is 0.164 e. The molecule has 0 N–H and O–H groups in total. The van der Waals surface area contributed by atoms with Crippen LogP contribution in [0.15, 0.2) is 18.2 Å². The van der Waals surface area contributed by atoms with E-state index in [0.29, 0.717) is 18.8 Å². The Labute approximate surface area is 119 Å². The molecule has 110 valence electrons. The van der Waals surface area contributed by atoms with Crippen LogP contribution in [0.1, 0.15) is 45.0 Å². The molecule has 20 heavy (non-hydrogen) atoms. The molecule has 0 amide bonds. The predicted molar refractivity (Wildman–Crippen MR) is 77.9 cm³/mol. The summed E-state index contributed by atoms with van der Waals surface area (Å²) in [4.78, 5) is 13.8. The van der Waals surface area contributed by atoms with Gasteiger partial charge in [-0.1, -0.05) is 6.07 Å². The van der Waals surface area contributed by atoms with Gasteiger partial charge in [0, 0.05) is 13.1 Å². The first-order valence-corrected chi connectivity index (χ1v) is 6.86. The maximum absolute atomic E-state index is 14.0. The molecule has 1 saturated heterocycles. The van der Waals surface area contributed by atoms with Crippen molar-refractivity contribution in [2.45, 2.75) is 45.8 Å². The van der Waals surface area contributed by atoms with Crippen molar-refractivity contribution in [1.29, 1.82) is 0 Å².